The minimum absolute atomic E-state index is 0.293. The summed E-state index contributed by atoms with van der Waals surface area (Å²) in [4.78, 5) is 80.4. The lowest BCUT2D eigenvalue weighted by atomic mass is 10.1. The molecule has 0 aliphatic heterocycles. The molecule has 0 aliphatic carbocycles. The summed E-state index contributed by atoms with van der Waals surface area (Å²) < 4.78 is 0. The average Bonchev–Trinajstić information content (AvgIpc) is 2.66. The second-order valence-electron chi connectivity index (χ2n) is 6.51. The predicted octanol–water partition coefficient (Wildman–Crippen LogP) is -4.00. The van der Waals surface area contributed by atoms with Crippen molar-refractivity contribution < 1.29 is 48.9 Å². The van der Waals surface area contributed by atoms with E-state index < -0.39 is 85.0 Å². The van der Waals surface area contributed by atoms with Crippen molar-refractivity contribution in [1.29, 1.82) is 0 Å². The van der Waals surface area contributed by atoms with Gasteiger partial charge in [-0.3, -0.25) is 28.8 Å². The van der Waals surface area contributed by atoms with Crippen molar-refractivity contribution in [3.8, 4) is 0 Å². The Morgan fingerprint density at radius 3 is 1.66 bits per heavy atom. The summed E-state index contributed by atoms with van der Waals surface area (Å²) in [5, 5.41) is 32.7. The van der Waals surface area contributed by atoms with Crippen LogP contribution in [0.15, 0.2) is 0 Å². The minimum atomic E-state index is -1.82. The molecule has 0 rings (SSSR count). The van der Waals surface area contributed by atoms with Crippen molar-refractivity contribution in [1.82, 2.24) is 16.0 Å². The van der Waals surface area contributed by atoms with E-state index in [1.807, 2.05) is 5.32 Å². The number of hydrogen-bond donors (Lipinski definition) is 9. The van der Waals surface area contributed by atoms with E-state index in [0.29, 0.717) is 0 Å². The summed E-state index contributed by atoms with van der Waals surface area (Å²) in [6, 6.07) is -6.17. The van der Waals surface area contributed by atoms with Crippen LogP contribution in [-0.4, -0.2) is 86.8 Å². The van der Waals surface area contributed by atoms with Crippen molar-refractivity contribution in [2.24, 2.45) is 11.5 Å². The van der Waals surface area contributed by atoms with E-state index in [4.69, 9.17) is 26.8 Å². The van der Waals surface area contributed by atoms with Crippen LogP contribution in [0.1, 0.15) is 25.7 Å². The third-order valence-electron chi connectivity index (χ3n) is 3.85. The highest BCUT2D eigenvalue weighted by molar-refractivity contribution is 7.80. The van der Waals surface area contributed by atoms with Crippen molar-refractivity contribution in [3.05, 3.63) is 0 Å². The highest BCUT2D eigenvalue weighted by Crippen LogP contribution is 2.03. The molecule has 0 aliphatic rings. The Hall–Kier alpha value is -3.40. The number of carbonyl (C=O) groups excluding carboxylic acids is 4. The largest absolute Gasteiger partial charge is 0.481 e. The average molecular weight is 479 g/mol. The Morgan fingerprint density at radius 2 is 1.22 bits per heavy atom. The van der Waals surface area contributed by atoms with Gasteiger partial charge in [-0.05, 0) is 6.42 Å². The molecule has 0 aromatic carbocycles. The molecule has 0 saturated carbocycles. The Morgan fingerprint density at radius 1 is 0.750 bits per heavy atom. The first kappa shape index (κ1) is 28.6. The monoisotopic (exact) mass is 479 g/mol. The molecule has 15 nitrogen and oxygen atoms in total. The topological polar surface area (TPSA) is 268 Å². The number of carboxylic acids is 3. The number of thiol groups is 1. The molecular weight excluding hydrogens is 454 g/mol. The zero-order valence-electron chi connectivity index (χ0n) is 16.6. The number of hydrogen-bond acceptors (Lipinski definition) is 9. The van der Waals surface area contributed by atoms with Gasteiger partial charge in [0, 0.05) is 12.2 Å². The molecule has 4 amide bonds. The first-order valence-corrected chi connectivity index (χ1v) is 9.63. The number of carboxylic acid groups (broad SMARTS) is 3. The van der Waals surface area contributed by atoms with Crippen LogP contribution in [-0.2, 0) is 33.6 Å². The van der Waals surface area contributed by atoms with E-state index in [0.717, 1.165) is 0 Å². The number of nitrogens with two attached hydrogens (primary N) is 2. The number of amides is 4. The van der Waals surface area contributed by atoms with Crippen LogP contribution in [0.3, 0.4) is 0 Å². The molecular formula is C16H25N5O10S. The molecule has 180 valence electrons. The molecule has 16 heteroatoms. The second kappa shape index (κ2) is 13.8. The summed E-state index contributed by atoms with van der Waals surface area (Å²) in [6.45, 7) is 0. The van der Waals surface area contributed by atoms with E-state index in [-0.39, 0.29) is 12.2 Å². The Kier molecular flexibility index (Phi) is 12.3. The van der Waals surface area contributed by atoms with E-state index >= 15 is 0 Å². The number of nitrogens with one attached hydrogen (secondary N) is 3. The Labute approximate surface area is 186 Å². The zero-order valence-corrected chi connectivity index (χ0v) is 17.5. The zero-order chi connectivity index (χ0) is 25.0. The predicted molar refractivity (Wildman–Crippen MR) is 108 cm³/mol. The standard InChI is InChI=1S/C16H25N5O10S/c17-6(3-11(23)24)13(27)21-9(5-32)15(29)19-7(1-2-10(18)22)14(28)20-8(16(30)31)4-12(25)26/h6-9,32H,1-5,17H2,(H2,18,22)(H,19,29)(H,20,28)(H,21,27)(H,23,24)(H,25,26)(H,30,31). The van der Waals surface area contributed by atoms with Crippen LogP contribution in [0.2, 0.25) is 0 Å². The number of primary amides is 1. The summed E-state index contributed by atoms with van der Waals surface area (Å²) in [6.07, 6.45) is -2.42. The molecule has 4 unspecified atom stereocenters. The maximum atomic E-state index is 12.5. The third-order valence-corrected chi connectivity index (χ3v) is 4.22. The van der Waals surface area contributed by atoms with Crippen molar-refractivity contribution in [3.63, 3.8) is 0 Å². The van der Waals surface area contributed by atoms with Crippen molar-refractivity contribution in [2.45, 2.75) is 49.9 Å². The van der Waals surface area contributed by atoms with Crippen LogP contribution in [0.4, 0.5) is 0 Å². The second-order valence-corrected chi connectivity index (χ2v) is 6.88. The van der Waals surface area contributed by atoms with Gasteiger partial charge in [-0.15, -0.1) is 0 Å². The van der Waals surface area contributed by atoms with Gasteiger partial charge in [0.25, 0.3) is 0 Å². The van der Waals surface area contributed by atoms with E-state index in [1.54, 1.807) is 0 Å². The highest BCUT2D eigenvalue weighted by Gasteiger charge is 2.31. The summed E-state index contributed by atoms with van der Waals surface area (Å²) in [5.41, 5.74) is 10.4. The lowest BCUT2D eigenvalue weighted by molar-refractivity contribution is -0.147. The van der Waals surface area contributed by atoms with Gasteiger partial charge >= 0.3 is 17.9 Å². The van der Waals surface area contributed by atoms with Gasteiger partial charge < -0.3 is 42.7 Å². The molecule has 0 radical (unpaired) electrons. The lowest BCUT2D eigenvalue weighted by Gasteiger charge is -2.24. The fraction of sp³-hybridized carbons (Fsp3) is 0.562. The highest BCUT2D eigenvalue weighted by atomic mass is 32.1. The SMILES string of the molecule is NC(=O)CCC(NC(=O)C(CS)NC(=O)C(N)CC(=O)O)C(=O)NC(CC(=O)O)C(=O)O. The first-order chi connectivity index (χ1) is 14.8. The van der Waals surface area contributed by atoms with Crippen LogP contribution in [0.25, 0.3) is 0 Å². The van der Waals surface area contributed by atoms with Crippen molar-refractivity contribution in [2.75, 3.05) is 5.75 Å². The normalized spacial score (nSPS) is 14.2. The van der Waals surface area contributed by atoms with Gasteiger partial charge in [0.1, 0.15) is 18.1 Å². The summed E-state index contributed by atoms with van der Waals surface area (Å²) in [7, 11) is 0. The molecule has 0 heterocycles. The molecule has 10 N–H and O–H groups in total. The smallest absolute Gasteiger partial charge is 0.326 e. The lowest BCUT2D eigenvalue weighted by Crippen LogP contribution is -2.58. The molecule has 0 bridgehead atoms. The van der Waals surface area contributed by atoms with Gasteiger partial charge in [0.05, 0.1) is 18.9 Å². The minimum Gasteiger partial charge on any atom is -0.481 e. The molecule has 0 saturated heterocycles. The maximum Gasteiger partial charge on any atom is 0.326 e. The Bertz CT molecular complexity index is 761. The fourth-order valence-corrected chi connectivity index (χ4v) is 2.49. The van der Waals surface area contributed by atoms with Crippen molar-refractivity contribution >= 4 is 54.2 Å². The summed E-state index contributed by atoms with van der Waals surface area (Å²) in [5.74, 6) is -8.70. The van der Waals surface area contributed by atoms with Gasteiger partial charge in [-0.1, -0.05) is 0 Å². The van der Waals surface area contributed by atoms with Gasteiger partial charge in [0.15, 0.2) is 0 Å². The number of aliphatic carboxylic acids is 3. The van der Waals surface area contributed by atoms with E-state index in [9.17, 15) is 33.6 Å². The quantitative estimate of drug-likeness (QED) is 0.102. The van der Waals surface area contributed by atoms with E-state index in [1.165, 1.54) is 0 Å². The van der Waals surface area contributed by atoms with Gasteiger partial charge in [-0.2, -0.15) is 12.6 Å². The van der Waals surface area contributed by atoms with Crippen LogP contribution >= 0.6 is 12.6 Å². The van der Waals surface area contributed by atoms with Crippen LogP contribution in [0.5, 0.6) is 0 Å². The third kappa shape index (κ3) is 11.1. The maximum absolute atomic E-state index is 12.5. The van der Waals surface area contributed by atoms with Crippen LogP contribution in [0, 0.1) is 0 Å². The number of rotatable bonds is 15. The number of carbonyl (C=O) groups is 7. The molecule has 32 heavy (non-hydrogen) atoms. The van der Waals surface area contributed by atoms with Gasteiger partial charge in [-0.25, -0.2) is 4.79 Å². The summed E-state index contributed by atoms with van der Waals surface area (Å²) >= 11 is 3.90. The van der Waals surface area contributed by atoms with Crippen LogP contribution < -0.4 is 27.4 Å². The Balaban J connectivity index is 5.37. The van der Waals surface area contributed by atoms with E-state index in [2.05, 4.69) is 23.3 Å². The fourth-order valence-electron chi connectivity index (χ4n) is 2.23. The first-order valence-electron chi connectivity index (χ1n) is 9.00. The molecule has 0 fully saturated rings. The molecule has 0 spiro atoms. The molecule has 0 aromatic heterocycles. The molecule has 0 aromatic rings. The van der Waals surface area contributed by atoms with Gasteiger partial charge in [0.2, 0.25) is 23.6 Å². The molecule has 4 atom stereocenters.